The van der Waals surface area contributed by atoms with E-state index in [0.717, 1.165) is 0 Å². The molecule has 3 rings (SSSR count). The zero-order valence-electron chi connectivity index (χ0n) is 13.4. The zero-order valence-corrected chi connectivity index (χ0v) is 15.3. The summed E-state index contributed by atoms with van der Waals surface area (Å²) in [6.45, 7) is 0.294. The number of tetrazole rings is 1. The number of nitrogens with zero attached hydrogens (tertiary/aromatic N) is 6. The van der Waals surface area contributed by atoms with E-state index < -0.39 is 34.3 Å². The van der Waals surface area contributed by atoms with E-state index in [-0.39, 0.29) is 50.5 Å². The second kappa shape index (κ2) is 6.32. The second-order valence-electron chi connectivity index (χ2n) is 4.98. The molecule has 122 valence electrons. The first-order valence-electron chi connectivity index (χ1n) is 6.37. The molecule has 0 saturated carbocycles. The van der Waals surface area contributed by atoms with Crippen LogP contribution < -0.4 is 34.9 Å². The Morgan fingerprint density at radius 2 is 2.22 bits per heavy atom. The largest absolute Gasteiger partial charge is 1.00 e. The van der Waals surface area contributed by atoms with Crippen LogP contribution in [0, 0.1) is 0 Å². The van der Waals surface area contributed by atoms with E-state index in [2.05, 4.69) is 20.8 Å². The Kier molecular flexibility index (Phi) is 4.96. The van der Waals surface area contributed by atoms with Crippen LogP contribution in [-0.4, -0.2) is 72.9 Å². The molecule has 2 atom stereocenters. The van der Waals surface area contributed by atoms with Gasteiger partial charge < -0.3 is 11.6 Å². The molecular weight excluding hydrogens is 341 g/mol. The number of hydrogen-bond donors (Lipinski definition) is 2. The van der Waals surface area contributed by atoms with Crippen LogP contribution in [0.3, 0.4) is 0 Å². The molecule has 2 fully saturated rings. The predicted octanol–water partition coefficient (Wildman–Crippen LogP) is -5.38. The van der Waals surface area contributed by atoms with Gasteiger partial charge in [0.1, 0.15) is 6.04 Å². The SMILES string of the molecule is Cn1nnnc1CNC(=O)N1CC[C@@H]2[C@H]1C(=O)N2S(=O)(=O)O.[H-].[Na+]. The van der Waals surface area contributed by atoms with Gasteiger partial charge in [-0.15, -0.1) is 5.10 Å². The molecule has 1 aromatic heterocycles. The molecule has 14 heteroatoms. The normalized spacial score (nSPS) is 23.1. The van der Waals surface area contributed by atoms with E-state index in [0.29, 0.717) is 10.1 Å². The maximum atomic E-state index is 12.1. The van der Waals surface area contributed by atoms with Crippen molar-refractivity contribution in [1.29, 1.82) is 0 Å². The summed E-state index contributed by atoms with van der Waals surface area (Å²) >= 11 is 0. The van der Waals surface area contributed by atoms with Crippen molar-refractivity contribution in [1.82, 2.24) is 34.7 Å². The number of urea groups is 1. The van der Waals surface area contributed by atoms with Gasteiger partial charge in [0, 0.05) is 13.6 Å². The van der Waals surface area contributed by atoms with E-state index in [4.69, 9.17) is 4.55 Å². The molecule has 2 aliphatic rings. The van der Waals surface area contributed by atoms with Gasteiger partial charge in [-0.2, -0.15) is 8.42 Å². The first-order valence-corrected chi connectivity index (χ1v) is 7.77. The van der Waals surface area contributed by atoms with Crippen molar-refractivity contribution in [3.63, 3.8) is 0 Å². The predicted molar refractivity (Wildman–Crippen MR) is 69.4 cm³/mol. The number of β-lactam (4-membered cyclic amide) rings is 1. The first kappa shape index (κ1) is 18.1. The summed E-state index contributed by atoms with van der Waals surface area (Å²) in [6, 6.07) is -2.08. The molecule has 0 aliphatic carbocycles. The maximum Gasteiger partial charge on any atom is 1.00 e. The zero-order chi connectivity index (χ0) is 16.1. The van der Waals surface area contributed by atoms with E-state index >= 15 is 0 Å². The summed E-state index contributed by atoms with van der Waals surface area (Å²) in [5.41, 5.74) is 0. The molecule has 0 bridgehead atoms. The summed E-state index contributed by atoms with van der Waals surface area (Å²) in [4.78, 5) is 25.2. The molecule has 0 spiro atoms. The summed E-state index contributed by atoms with van der Waals surface area (Å²) < 4.78 is 32.9. The van der Waals surface area contributed by atoms with Gasteiger partial charge in [-0.3, -0.25) is 9.35 Å². The summed E-state index contributed by atoms with van der Waals surface area (Å²) in [7, 11) is -2.96. The minimum Gasteiger partial charge on any atom is -1.00 e. The van der Waals surface area contributed by atoms with Gasteiger partial charge in [0.15, 0.2) is 5.82 Å². The van der Waals surface area contributed by atoms with Crippen LogP contribution in [0.5, 0.6) is 0 Å². The van der Waals surface area contributed by atoms with Gasteiger partial charge in [0.05, 0.1) is 12.6 Å². The van der Waals surface area contributed by atoms with Crippen molar-refractivity contribution in [2.75, 3.05) is 6.54 Å². The van der Waals surface area contributed by atoms with Gasteiger partial charge in [0.25, 0.3) is 5.91 Å². The molecule has 0 radical (unpaired) electrons. The van der Waals surface area contributed by atoms with Crippen LogP contribution in [-0.2, 0) is 28.7 Å². The van der Waals surface area contributed by atoms with Gasteiger partial charge in [-0.25, -0.2) is 13.8 Å². The van der Waals surface area contributed by atoms with Gasteiger partial charge in [-0.05, 0) is 16.8 Å². The maximum absolute atomic E-state index is 12.1. The quantitative estimate of drug-likeness (QED) is 0.310. The fourth-order valence-electron chi connectivity index (χ4n) is 2.70. The molecule has 2 aliphatic heterocycles. The summed E-state index contributed by atoms with van der Waals surface area (Å²) in [5.74, 6) is -0.371. The number of likely N-dealkylation sites (tertiary alicyclic amines) is 1. The number of nitrogens with one attached hydrogen (secondary N) is 1. The Labute approximate surface area is 154 Å². The minimum absolute atomic E-state index is 0. The van der Waals surface area contributed by atoms with Crippen molar-refractivity contribution in [3.05, 3.63) is 5.82 Å². The third-order valence-electron chi connectivity index (χ3n) is 3.75. The van der Waals surface area contributed by atoms with Gasteiger partial charge >= 0.3 is 45.9 Å². The number of amides is 3. The number of fused-ring (bicyclic) bond motifs is 1. The topological polar surface area (TPSA) is 151 Å². The molecule has 2 saturated heterocycles. The van der Waals surface area contributed by atoms with Crippen LogP contribution in [0.4, 0.5) is 4.79 Å². The first-order chi connectivity index (χ1) is 10.3. The summed E-state index contributed by atoms with van der Waals surface area (Å²) in [5, 5.41) is 13.3. The van der Waals surface area contributed by atoms with Crippen LogP contribution in [0.1, 0.15) is 13.7 Å². The Balaban J connectivity index is 0.00000144. The molecule has 3 amide bonds. The van der Waals surface area contributed by atoms with Crippen LogP contribution in [0.25, 0.3) is 0 Å². The molecule has 23 heavy (non-hydrogen) atoms. The van der Waals surface area contributed by atoms with E-state index in [1.807, 2.05) is 0 Å². The molecular formula is C9H14N7NaO5S. The van der Waals surface area contributed by atoms with Crippen molar-refractivity contribution >= 4 is 22.2 Å². The summed E-state index contributed by atoms with van der Waals surface area (Å²) in [6.07, 6.45) is 0.287. The van der Waals surface area contributed by atoms with Crippen LogP contribution in [0.2, 0.25) is 0 Å². The third-order valence-corrected chi connectivity index (χ3v) is 4.70. The number of aromatic nitrogens is 4. The van der Waals surface area contributed by atoms with Crippen molar-refractivity contribution in [3.8, 4) is 0 Å². The number of carbonyl (C=O) groups excluding carboxylic acids is 2. The third kappa shape index (κ3) is 3.06. The molecule has 2 N–H and O–H groups in total. The van der Waals surface area contributed by atoms with E-state index in [9.17, 15) is 18.0 Å². The fraction of sp³-hybridized carbons (Fsp3) is 0.667. The van der Waals surface area contributed by atoms with E-state index in [1.165, 1.54) is 9.58 Å². The molecule has 12 nitrogen and oxygen atoms in total. The average molecular weight is 355 g/mol. The molecule has 0 aromatic carbocycles. The minimum atomic E-state index is -4.58. The second-order valence-corrected chi connectivity index (χ2v) is 6.27. The molecule has 1 aromatic rings. The Bertz CT molecular complexity index is 742. The van der Waals surface area contributed by atoms with Gasteiger partial charge in [0.2, 0.25) is 0 Å². The van der Waals surface area contributed by atoms with Crippen molar-refractivity contribution in [2.45, 2.75) is 25.0 Å². The monoisotopic (exact) mass is 355 g/mol. The number of hydrogen-bond acceptors (Lipinski definition) is 7. The van der Waals surface area contributed by atoms with Crippen molar-refractivity contribution < 1.29 is 53.5 Å². The van der Waals surface area contributed by atoms with Crippen molar-refractivity contribution in [2.24, 2.45) is 7.05 Å². The van der Waals surface area contributed by atoms with Crippen LogP contribution in [0.15, 0.2) is 0 Å². The number of carbonyl (C=O) groups is 2. The van der Waals surface area contributed by atoms with E-state index in [1.54, 1.807) is 7.05 Å². The molecule has 0 unspecified atom stereocenters. The Morgan fingerprint density at radius 3 is 2.78 bits per heavy atom. The molecule has 3 heterocycles. The Hall–Kier alpha value is -1.28. The van der Waals surface area contributed by atoms with Gasteiger partial charge in [-0.1, -0.05) is 0 Å². The standard InChI is InChI=1S/C9H13N7O5S.Na.H/c1-14-6(11-12-13-14)4-10-9(18)15-3-2-5-7(15)8(17)16(5)22(19,20)21;;/h5,7H,2-4H2,1H3,(H,10,18)(H,19,20,21);;/q;+1;-1/t5-,7+;;/m1../s1. The average Bonchev–Trinajstić information content (AvgIpc) is 2.98. The smallest absolute Gasteiger partial charge is 1.00 e. The fourth-order valence-corrected chi connectivity index (χ4v) is 3.60. The number of rotatable bonds is 3. The van der Waals surface area contributed by atoms with Crippen LogP contribution >= 0.6 is 0 Å². The Morgan fingerprint density at radius 1 is 1.52 bits per heavy atom. The number of aryl methyl sites for hydroxylation is 1.